The second kappa shape index (κ2) is 7.42. The number of thiophene rings is 1. The highest BCUT2D eigenvalue weighted by Gasteiger charge is 2.30. The molecule has 30 heavy (non-hydrogen) atoms. The molecule has 1 saturated heterocycles. The summed E-state index contributed by atoms with van der Waals surface area (Å²) in [6, 6.07) is 11.4. The molecular weight excluding hydrogens is 422 g/mol. The van der Waals surface area contributed by atoms with E-state index in [1.807, 2.05) is 36.1 Å². The van der Waals surface area contributed by atoms with E-state index in [2.05, 4.69) is 20.3 Å². The number of aromatic nitrogens is 5. The minimum absolute atomic E-state index is 0.376. The molecule has 1 aromatic carbocycles. The van der Waals surface area contributed by atoms with Crippen LogP contribution in [-0.4, -0.2) is 63.9 Å². The van der Waals surface area contributed by atoms with Crippen LogP contribution >= 0.6 is 11.3 Å². The van der Waals surface area contributed by atoms with Gasteiger partial charge in [0, 0.05) is 26.2 Å². The molecule has 3 aromatic heterocycles. The maximum Gasteiger partial charge on any atom is 0.252 e. The van der Waals surface area contributed by atoms with E-state index in [1.54, 1.807) is 22.2 Å². The minimum Gasteiger partial charge on any atom is -0.352 e. The Balaban J connectivity index is 1.41. The number of rotatable bonds is 4. The first-order valence-corrected chi connectivity index (χ1v) is 11.8. The van der Waals surface area contributed by atoms with E-state index < -0.39 is 10.0 Å². The number of hydrogen-bond acceptors (Lipinski definition) is 8. The summed E-state index contributed by atoms with van der Waals surface area (Å²) >= 11 is 1.24. The van der Waals surface area contributed by atoms with Gasteiger partial charge >= 0.3 is 0 Å². The molecule has 0 radical (unpaired) electrons. The average molecular weight is 442 g/mol. The maximum absolute atomic E-state index is 12.8. The van der Waals surface area contributed by atoms with Crippen LogP contribution in [-0.2, 0) is 10.0 Å². The molecule has 154 valence electrons. The highest BCUT2D eigenvalue weighted by Crippen LogP contribution is 2.26. The van der Waals surface area contributed by atoms with Crippen LogP contribution in [0.2, 0.25) is 0 Å². The first-order chi connectivity index (χ1) is 14.5. The second-order valence-electron chi connectivity index (χ2n) is 7.03. The summed E-state index contributed by atoms with van der Waals surface area (Å²) in [5, 5.41) is 10.4. The van der Waals surface area contributed by atoms with Crippen molar-refractivity contribution in [2.75, 3.05) is 31.1 Å². The molecule has 9 nitrogen and oxygen atoms in total. The molecule has 1 aliphatic rings. The van der Waals surface area contributed by atoms with Crippen LogP contribution in [0.4, 0.5) is 5.82 Å². The molecule has 0 N–H and O–H groups in total. The summed E-state index contributed by atoms with van der Waals surface area (Å²) in [6.45, 7) is 3.85. The number of hydrogen-bond donors (Lipinski definition) is 0. The Morgan fingerprint density at radius 3 is 2.47 bits per heavy atom. The molecule has 0 aliphatic carbocycles. The fraction of sp³-hybridized carbons (Fsp3) is 0.263. The van der Waals surface area contributed by atoms with Crippen LogP contribution in [0.25, 0.3) is 16.9 Å². The van der Waals surface area contributed by atoms with Crippen molar-refractivity contribution < 1.29 is 8.42 Å². The standard InChI is InChI=1S/C19H19N7O2S2/c1-14-4-6-15(7-5-14)26-19-17(22-23-26)18(20-13-21-19)24-8-10-25(11-9-24)30(27,28)16-3-2-12-29-16/h2-7,12-13H,8-11H2,1H3. The summed E-state index contributed by atoms with van der Waals surface area (Å²) < 4.78 is 29.1. The van der Waals surface area contributed by atoms with Crippen molar-refractivity contribution in [3.63, 3.8) is 0 Å². The Bertz CT molecular complexity index is 1280. The molecule has 0 atom stereocenters. The molecule has 1 fully saturated rings. The number of anilines is 1. The lowest BCUT2D eigenvalue weighted by molar-refractivity contribution is 0.385. The van der Waals surface area contributed by atoms with Gasteiger partial charge in [-0.2, -0.15) is 8.99 Å². The van der Waals surface area contributed by atoms with Gasteiger partial charge in [0.2, 0.25) is 0 Å². The van der Waals surface area contributed by atoms with Gasteiger partial charge in [0.15, 0.2) is 17.0 Å². The lowest BCUT2D eigenvalue weighted by atomic mass is 10.2. The first kappa shape index (κ1) is 19.1. The smallest absolute Gasteiger partial charge is 0.252 e. The van der Waals surface area contributed by atoms with Crippen molar-refractivity contribution in [1.82, 2.24) is 29.3 Å². The third-order valence-electron chi connectivity index (χ3n) is 5.12. The van der Waals surface area contributed by atoms with E-state index in [1.165, 1.54) is 22.0 Å². The third-order valence-corrected chi connectivity index (χ3v) is 8.40. The van der Waals surface area contributed by atoms with Crippen molar-refractivity contribution >= 4 is 38.3 Å². The van der Waals surface area contributed by atoms with E-state index in [0.29, 0.717) is 47.4 Å². The normalized spacial score (nSPS) is 15.7. The molecule has 0 bridgehead atoms. The Kier molecular flexibility index (Phi) is 4.72. The first-order valence-electron chi connectivity index (χ1n) is 9.46. The summed E-state index contributed by atoms with van der Waals surface area (Å²) in [7, 11) is -3.44. The van der Waals surface area contributed by atoms with Crippen LogP contribution in [0, 0.1) is 6.92 Å². The number of piperazine rings is 1. The summed E-state index contributed by atoms with van der Waals surface area (Å²) in [6.07, 6.45) is 1.50. The quantitative estimate of drug-likeness (QED) is 0.478. The van der Waals surface area contributed by atoms with E-state index >= 15 is 0 Å². The topological polar surface area (TPSA) is 97.1 Å². The fourth-order valence-corrected chi connectivity index (χ4v) is 6.07. The van der Waals surface area contributed by atoms with Gasteiger partial charge in [-0.3, -0.25) is 0 Å². The molecule has 0 saturated carbocycles. The fourth-order valence-electron chi connectivity index (χ4n) is 3.51. The number of sulfonamides is 1. The average Bonchev–Trinajstić information content (AvgIpc) is 3.45. The van der Waals surface area contributed by atoms with Crippen molar-refractivity contribution in [1.29, 1.82) is 0 Å². The Hall–Kier alpha value is -2.89. The molecule has 11 heteroatoms. The second-order valence-corrected chi connectivity index (χ2v) is 10.1. The Morgan fingerprint density at radius 2 is 1.77 bits per heavy atom. The van der Waals surface area contributed by atoms with Crippen LogP contribution in [0.15, 0.2) is 52.3 Å². The zero-order valence-corrected chi connectivity index (χ0v) is 17.8. The van der Waals surface area contributed by atoms with Gasteiger partial charge in [-0.05, 0) is 30.5 Å². The van der Waals surface area contributed by atoms with E-state index in [-0.39, 0.29) is 0 Å². The monoisotopic (exact) mass is 441 g/mol. The van der Waals surface area contributed by atoms with Gasteiger partial charge in [0.25, 0.3) is 10.0 Å². The van der Waals surface area contributed by atoms with Crippen LogP contribution in [0.5, 0.6) is 0 Å². The Morgan fingerprint density at radius 1 is 1.00 bits per heavy atom. The lowest BCUT2D eigenvalue weighted by Crippen LogP contribution is -2.48. The minimum atomic E-state index is -3.44. The molecular formula is C19H19N7O2S2. The van der Waals surface area contributed by atoms with Crippen molar-refractivity contribution in [2.24, 2.45) is 0 Å². The van der Waals surface area contributed by atoms with Crippen LogP contribution in [0.3, 0.4) is 0 Å². The summed E-state index contributed by atoms with van der Waals surface area (Å²) in [5.41, 5.74) is 3.26. The number of fused-ring (bicyclic) bond motifs is 1. The zero-order valence-electron chi connectivity index (χ0n) is 16.2. The zero-order chi connectivity index (χ0) is 20.7. The van der Waals surface area contributed by atoms with Gasteiger partial charge in [0.05, 0.1) is 5.69 Å². The Labute approximate surface area is 177 Å². The van der Waals surface area contributed by atoms with Gasteiger partial charge in [-0.15, -0.1) is 16.4 Å². The van der Waals surface area contributed by atoms with Gasteiger partial charge in [-0.1, -0.05) is 29.0 Å². The SMILES string of the molecule is Cc1ccc(-n2nnc3c(N4CCN(S(=O)(=O)c5cccs5)CC4)ncnc32)cc1. The number of aryl methyl sites for hydroxylation is 1. The van der Waals surface area contributed by atoms with Crippen LogP contribution < -0.4 is 4.90 Å². The van der Waals surface area contributed by atoms with Crippen molar-refractivity contribution in [3.8, 4) is 5.69 Å². The van der Waals surface area contributed by atoms with E-state index in [9.17, 15) is 8.42 Å². The highest BCUT2D eigenvalue weighted by atomic mass is 32.2. The number of nitrogens with zero attached hydrogens (tertiary/aromatic N) is 7. The number of benzene rings is 1. The van der Waals surface area contributed by atoms with Crippen molar-refractivity contribution in [3.05, 3.63) is 53.7 Å². The molecule has 0 unspecified atom stereocenters. The predicted molar refractivity (Wildman–Crippen MR) is 114 cm³/mol. The molecule has 5 rings (SSSR count). The van der Waals surface area contributed by atoms with Gasteiger partial charge in [-0.25, -0.2) is 18.4 Å². The summed E-state index contributed by atoms with van der Waals surface area (Å²) in [4.78, 5) is 10.8. The van der Waals surface area contributed by atoms with E-state index in [0.717, 1.165) is 11.3 Å². The largest absolute Gasteiger partial charge is 0.352 e. The molecule has 0 spiro atoms. The predicted octanol–water partition coefficient (Wildman–Crippen LogP) is 2.09. The highest BCUT2D eigenvalue weighted by molar-refractivity contribution is 7.91. The van der Waals surface area contributed by atoms with Gasteiger partial charge < -0.3 is 4.90 Å². The molecule has 0 amide bonds. The summed E-state index contributed by atoms with van der Waals surface area (Å²) in [5.74, 6) is 0.673. The lowest BCUT2D eigenvalue weighted by Gasteiger charge is -2.34. The van der Waals surface area contributed by atoms with Crippen LogP contribution in [0.1, 0.15) is 5.56 Å². The van der Waals surface area contributed by atoms with Gasteiger partial charge in [0.1, 0.15) is 10.5 Å². The molecule has 1 aliphatic heterocycles. The molecule has 4 aromatic rings. The molecule has 4 heterocycles. The van der Waals surface area contributed by atoms with Crippen molar-refractivity contribution in [2.45, 2.75) is 11.1 Å². The van der Waals surface area contributed by atoms with E-state index in [4.69, 9.17) is 0 Å². The maximum atomic E-state index is 12.8. The third kappa shape index (κ3) is 3.24.